The summed E-state index contributed by atoms with van der Waals surface area (Å²) in [5.41, 5.74) is 10.9. The van der Waals surface area contributed by atoms with Crippen molar-refractivity contribution in [2.75, 3.05) is 7.11 Å². The van der Waals surface area contributed by atoms with Crippen LogP contribution in [0.5, 0.6) is 11.5 Å². The van der Waals surface area contributed by atoms with Gasteiger partial charge < -0.3 is 20.3 Å². The Labute approximate surface area is 185 Å². The van der Waals surface area contributed by atoms with E-state index in [2.05, 4.69) is 0 Å². The second-order valence-corrected chi connectivity index (χ2v) is 7.86. The van der Waals surface area contributed by atoms with Crippen molar-refractivity contribution in [3.8, 4) is 11.5 Å². The van der Waals surface area contributed by atoms with Crippen LogP contribution in [0.3, 0.4) is 0 Å². The van der Waals surface area contributed by atoms with Gasteiger partial charge in [0.05, 0.1) is 18.5 Å². The first-order valence-corrected chi connectivity index (χ1v) is 10.4. The van der Waals surface area contributed by atoms with Crippen LogP contribution in [0, 0.1) is 6.92 Å². The maximum absolute atomic E-state index is 12.3. The first-order chi connectivity index (χ1) is 15.3. The van der Waals surface area contributed by atoms with Gasteiger partial charge in [-0.1, -0.05) is 18.2 Å². The Morgan fingerprint density at radius 1 is 1.31 bits per heavy atom. The van der Waals surface area contributed by atoms with Crippen LogP contribution < -0.4 is 15.2 Å². The van der Waals surface area contributed by atoms with Crippen molar-refractivity contribution in [1.82, 2.24) is 9.61 Å². The van der Waals surface area contributed by atoms with Crippen LogP contribution in [0.1, 0.15) is 41.4 Å². The van der Waals surface area contributed by atoms with Crippen LogP contribution in [0.2, 0.25) is 0 Å². The van der Waals surface area contributed by atoms with Gasteiger partial charge in [0.1, 0.15) is 17.0 Å². The number of aliphatic carboxylic acids is 1. The van der Waals surface area contributed by atoms with Crippen LogP contribution in [0.25, 0.3) is 11.1 Å². The van der Waals surface area contributed by atoms with Crippen molar-refractivity contribution in [1.29, 1.82) is 0 Å². The van der Waals surface area contributed by atoms with Crippen molar-refractivity contribution >= 4 is 23.0 Å². The second kappa shape index (κ2) is 8.37. The minimum Gasteiger partial charge on any atom is -0.497 e. The molecule has 1 aromatic carbocycles. The lowest BCUT2D eigenvalue weighted by Gasteiger charge is -2.15. The molecule has 8 heteroatoms. The van der Waals surface area contributed by atoms with Crippen LogP contribution in [-0.2, 0) is 22.4 Å². The fraction of sp³-hybridized carbons (Fsp3) is 0.292. The molecule has 0 fully saturated rings. The van der Waals surface area contributed by atoms with E-state index >= 15 is 0 Å². The number of allylic oxidation sites excluding steroid dienone is 1. The van der Waals surface area contributed by atoms with Crippen LogP contribution in [0.15, 0.2) is 36.4 Å². The molecule has 0 aliphatic heterocycles. The number of nitrogens with two attached hydrogens (primary N) is 1. The molecule has 3 aromatic rings. The van der Waals surface area contributed by atoms with E-state index in [9.17, 15) is 14.7 Å². The molecule has 8 nitrogen and oxygen atoms in total. The van der Waals surface area contributed by atoms with E-state index in [1.807, 2.05) is 37.3 Å². The fourth-order valence-electron chi connectivity index (χ4n) is 4.17. The molecule has 4 rings (SSSR count). The number of aromatic nitrogens is 2. The average Bonchev–Trinajstić information content (AvgIpc) is 3.07. The predicted octanol–water partition coefficient (Wildman–Crippen LogP) is 2.91. The van der Waals surface area contributed by atoms with E-state index in [0.717, 1.165) is 22.6 Å². The normalized spacial score (nSPS) is 13.9. The van der Waals surface area contributed by atoms with Crippen LogP contribution in [-0.4, -0.2) is 39.8 Å². The highest BCUT2D eigenvalue weighted by Gasteiger charge is 2.30. The number of hydrogen-bond acceptors (Lipinski definition) is 5. The lowest BCUT2D eigenvalue weighted by atomic mass is 9.90. The summed E-state index contributed by atoms with van der Waals surface area (Å²) in [5.74, 6) is -0.516. The Morgan fingerprint density at radius 3 is 2.78 bits per heavy atom. The molecule has 32 heavy (non-hydrogen) atoms. The smallest absolute Gasteiger partial charge is 0.344 e. The number of primary amides is 1. The van der Waals surface area contributed by atoms with Crippen molar-refractivity contribution in [3.05, 3.63) is 64.5 Å². The lowest BCUT2D eigenvalue weighted by Crippen LogP contribution is -2.23. The monoisotopic (exact) mass is 435 g/mol. The third kappa shape index (κ3) is 3.79. The van der Waals surface area contributed by atoms with Gasteiger partial charge in [0.15, 0.2) is 6.10 Å². The molecule has 0 spiro atoms. The molecule has 166 valence electrons. The number of amides is 1. The quantitative estimate of drug-likeness (QED) is 0.589. The van der Waals surface area contributed by atoms with Crippen molar-refractivity contribution in [2.45, 2.75) is 39.2 Å². The first-order valence-electron chi connectivity index (χ1n) is 10.4. The summed E-state index contributed by atoms with van der Waals surface area (Å²) in [7, 11) is 1.62. The molecule has 0 bridgehead atoms. The number of carbonyl (C=O) groups excluding carboxylic acids is 1. The van der Waals surface area contributed by atoms with Gasteiger partial charge >= 0.3 is 5.97 Å². The Morgan fingerprint density at radius 2 is 2.09 bits per heavy atom. The second-order valence-electron chi connectivity index (χ2n) is 7.86. The Hall–Kier alpha value is -3.81. The Kier molecular flexibility index (Phi) is 5.61. The fourth-order valence-corrected chi connectivity index (χ4v) is 4.17. The lowest BCUT2D eigenvalue weighted by molar-refractivity contribution is -0.144. The highest BCUT2D eigenvalue weighted by Crippen LogP contribution is 2.40. The van der Waals surface area contributed by atoms with Crippen molar-refractivity contribution < 1.29 is 24.2 Å². The number of carboxylic acid groups (broad SMARTS) is 1. The van der Waals surface area contributed by atoms with Gasteiger partial charge in [-0.3, -0.25) is 4.79 Å². The zero-order chi connectivity index (χ0) is 23.0. The minimum atomic E-state index is -1.08. The molecule has 1 atom stereocenters. The largest absolute Gasteiger partial charge is 0.497 e. The van der Waals surface area contributed by atoms with Gasteiger partial charge in [-0.15, -0.1) is 0 Å². The predicted molar refractivity (Wildman–Crippen MR) is 119 cm³/mol. The van der Waals surface area contributed by atoms with Crippen molar-refractivity contribution in [2.24, 2.45) is 5.73 Å². The average molecular weight is 435 g/mol. The van der Waals surface area contributed by atoms with E-state index in [0.29, 0.717) is 47.4 Å². The number of carboxylic acids is 1. The van der Waals surface area contributed by atoms with Gasteiger partial charge in [-0.25, -0.2) is 9.31 Å². The minimum absolute atomic E-state index is 0.356. The molecule has 1 aliphatic rings. The molecule has 0 saturated heterocycles. The number of hydrogen-bond donors (Lipinski definition) is 2. The van der Waals surface area contributed by atoms with Gasteiger partial charge in [0.25, 0.3) is 0 Å². The van der Waals surface area contributed by atoms with E-state index in [4.69, 9.17) is 20.3 Å². The van der Waals surface area contributed by atoms with E-state index < -0.39 is 18.0 Å². The van der Waals surface area contributed by atoms with E-state index in [1.54, 1.807) is 17.7 Å². The number of ether oxygens (including phenoxy) is 2. The Balaban J connectivity index is 1.98. The van der Waals surface area contributed by atoms with Gasteiger partial charge in [-0.05, 0) is 49.9 Å². The molecule has 1 aliphatic carbocycles. The van der Waals surface area contributed by atoms with Crippen LogP contribution in [0.4, 0.5) is 0 Å². The summed E-state index contributed by atoms with van der Waals surface area (Å²) in [4.78, 5) is 23.7. The highest BCUT2D eigenvalue weighted by atomic mass is 16.5. The van der Waals surface area contributed by atoms with Gasteiger partial charge in [0.2, 0.25) is 5.91 Å². The first kappa shape index (κ1) is 21.4. The third-order valence-electron chi connectivity index (χ3n) is 5.62. The molecular formula is C24H25N3O5. The summed E-state index contributed by atoms with van der Waals surface area (Å²) in [6.07, 6.45) is 2.68. The number of nitrogens with zero attached hydrogens (tertiary/aromatic N) is 2. The standard InChI is InChI=1S/C24H25N3O5/c1-13-10-20(32-14(2)24(29)30)22-21-17(8-5-9-18(21)23(25)28)19(27(22)26-13)12-15-6-4-7-16(11-15)31-3/h4,6-7,9-11,14H,5,8,12H2,1-3H3,(H2,25,28)(H,29,30). The van der Waals surface area contributed by atoms with Gasteiger partial charge in [0, 0.05) is 23.6 Å². The van der Waals surface area contributed by atoms with E-state index in [1.165, 1.54) is 6.92 Å². The zero-order valence-corrected chi connectivity index (χ0v) is 18.2. The zero-order valence-electron chi connectivity index (χ0n) is 18.2. The molecular weight excluding hydrogens is 410 g/mol. The summed E-state index contributed by atoms with van der Waals surface area (Å²) >= 11 is 0. The number of aryl methyl sites for hydroxylation is 1. The summed E-state index contributed by atoms with van der Waals surface area (Å²) in [6, 6.07) is 9.45. The van der Waals surface area contributed by atoms with Crippen LogP contribution >= 0.6 is 0 Å². The molecule has 3 N–H and O–H groups in total. The summed E-state index contributed by atoms with van der Waals surface area (Å²) in [6.45, 7) is 3.28. The topological polar surface area (TPSA) is 116 Å². The molecule has 2 heterocycles. The van der Waals surface area contributed by atoms with Gasteiger partial charge in [-0.2, -0.15) is 5.10 Å². The molecule has 1 amide bonds. The Bertz CT molecular complexity index is 1260. The number of methoxy groups -OCH3 is 1. The number of rotatable bonds is 7. The van der Waals surface area contributed by atoms with Crippen molar-refractivity contribution in [3.63, 3.8) is 0 Å². The highest BCUT2D eigenvalue weighted by molar-refractivity contribution is 6.22. The summed E-state index contributed by atoms with van der Waals surface area (Å²) < 4.78 is 12.9. The molecule has 0 radical (unpaired) electrons. The number of benzene rings is 1. The van der Waals surface area contributed by atoms with E-state index in [-0.39, 0.29) is 0 Å². The maximum atomic E-state index is 12.3. The molecule has 0 saturated carbocycles. The number of fused-ring (bicyclic) bond motifs is 3. The third-order valence-corrected chi connectivity index (χ3v) is 5.62. The SMILES string of the molecule is COc1cccc(Cc2c3c(c4c(OC(C)C(=O)O)cc(C)nn24)C(C(N)=O)=CCC3)c1. The molecule has 2 aromatic heterocycles. The maximum Gasteiger partial charge on any atom is 0.344 e. The summed E-state index contributed by atoms with van der Waals surface area (Å²) in [5, 5.41) is 14.1. The number of carbonyl (C=O) groups is 2. The molecule has 1 unspecified atom stereocenters.